The average Bonchev–Trinajstić information content (AvgIpc) is 2.99. The number of rotatable bonds is 12. The minimum absolute atomic E-state index is 0.0984. The number of oxime groups is 2. The van der Waals surface area contributed by atoms with E-state index in [9.17, 15) is 42.9 Å². The summed E-state index contributed by atoms with van der Waals surface area (Å²) in [5.74, 6) is -3.88. The van der Waals surface area contributed by atoms with Gasteiger partial charge in [0, 0.05) is 11.1 Å². The number of esters is 2. The van der Waals surface area contributed by atoms with Crippen LogP contribution in [-0.2, 0) is 51.1 Å². The standard InChI is InChI=1S/C28H29F3N2O12/c1-14(15-7-5-8-17(10-15)28(29,30)31)32-43-12-16-6-3-4-9-18(16)22(33-41-2)26(40)45-27-25(39)24(38)23(37)19(44-27)13-42-21(36)11-20(34)35/h3-10,19,23-25,27,37-39H,11-13H2,1-2H3,(H,34,35)/b32-14+,33-22+/t19-,23-,24+,25-,27+/m1/s1. The van der Waals surface area contributed by atoms with Crippen LogP contribution in [0, 0.1) is 0 Å². The number of hydrogen-bond acceptors (Lipinski definition) is 13. The number of benzene rings is 2. The van der Waals surface area contributed by atoms with Gasteiger partial charge in [-0.1, -0.05) is 46.7 Å². The minimum atomic E-state index is -4.55. The van der Waals surface area contributed by atoms with Crippen molar-refractivity contribution in [1.29, 1.82) is 0 Å². The molecule has 1 heterocycles. The summed E-state index contributed by atoms with van der Waals surface area (Å²) < 4.78 is 54.4. The van der Waals surface area contributed by atoms with Gasteiger partial charge in [0.05, 0.1) is 11.3 Å². The summed E-state index contributed by atoms with van der Waals surface area (Å²) in [5, 5.41) is 47.0. The van der Waals surface area contributed by atoms with E-state index < -0.39 is 79.1 Å². The van der Waals surface area contributed by atoms with Gasteiger partial charge in [-0.05, 0) is 24.6 Å². The molecule has 1 saturated heterocycles. The molecule has 14 nitrogen and oxygen atoms in total. The van der Waals surface area contributed by atoms with Gasteiger partial charge in [-0.25, -0.2) is 4.79 Å². The molecular formula is C28H29F3N2O12. The number of halogens is 3. The molecule has 1 aliphatic heterocycles. The minimum Gasteiger partial charge on any atom is -0.481 e. The lowest BCUT2D eigenvalue weighted by molar-refractivity contribution is -0.291. The van der Waals surface area contributed by atoms with E-state index in [-0.39, 0.29) is 23.4 Å². The molecule has 0 unspecified atom stereocenters. The normalized spacial score (nSPS) is 22.4. The van der Waals surface area contributed by atoms with Crippen LogP contribution in [0.25, 0.3) is 0 Å². The van der Waals surface area contributed by atoms with E-state index in [1.165, 1.54) is 37.3 Å². The Balaban J connectivity index is 1.74. The quantitative estimate of drug-likeness (QED) is 0.112. The fraction of sp³-hybridized carbons (Fsp3) is 0.393. The highest BCUT2D eigenvalue weighted by Gasteiger charge is 2.46. The first-order valence-corrected chi connectivity index (χ1v) is 13.0. The van der Waals surface area contributed by atoms with Crippen molar-refractivity contribution in [2.24, 2.45) is 10.3 Å². The summed E-state index contributed by atoms with van der Waals surface area (Å²) in [7, 11) is 1.13. The van der Waals surface area contributed by atoms with Crippen molar-refractivity contribution >= 4 is 29.3 Å². The Labute approximate surface area is 253 Å². The molecule has 17 heteroatoms. The Morgan fingerprint density at radius 2 is 1.69 bits per heavy atom. The Bertz CT molecular complexity index is 1430. The van der Waals surface area contributed by atoms with Gasteiger partial charge in [0.25, 0.3) is 0 Å². The number of ether oxygens (including phenoxy) is 3. The SMILES string of the molecule is CO/N=C(/C(=O)O[C@@H]1O[C@H](COC(=O)CC(=O)O)[C@@H](O)[C@H](O)[C@H]1O)c1ccccc1CO/N=C(\C)c1cccc(C(F)(F)F)c1. The number of aliphatic hydroxyl groups is 3. The molecule has 2 aromatic rings. The van der Waals surface area contributed by atoms with Crippen molar-refractivity contribution in [2.45, 2.75) is 56.8 Å². The van der Waals surface area contributed by atoms with Crippen molar-refractivity contribution in [1.82, 2.24) is 0 Å². The summed E-state index contributed by atoms with van der Waals surface area (Å²) in [5.41, 5.74) is -0.627. The predicted octanol–water partition coefficient (Wildman–Crippen LogP) is 1.37. The van der Waals surface area contributed by atoms with Crippen LogP contribution < -0.4 is 0 Å². The first-order chi connectivity index (χ1) is 21.2. The largest absolute Gasteiger partial charge is 0.481 e. The second-order valence-corrected chi connectivity index (χ2v) is 9.48. The fourth-order valence-corrected chi connectivity index (χ4v) is 4.00. The van der Waals surface area contributed by atoms with E-state index in [0.29, 0.717) is 5.56 Å². The molecule has 0 aromatic heterocycles. The number of hydrogen-bond donors (Lipinski definition) is 4. The van der Waals surface area contributed by atoms with Gasteiger partial charge < -0.3 is 44.3 Å². The number of aliphatic hydroxyl groups excluding tert-OH is 3. The van der Waals surface area contributed by atoms with Crippen LogP contribution in [-0.4, -0.2) is 94.2 Å². The second kappa shape index (κ2) is 15.4. The zero-order chi connectivity index (χ0) is 33.3. The third-order valence-electron chi connectivity index (χ3n) is 6.27. The Morgan fingerprint density at radius 1 is 0.978 bits per heavy atom. The number of carboxylic acid groups (broad SMARTS) is 1. The van der Waals surface area contributed by atoms with Gasteiger partial charge >= 0.3 is 24.1 Å². The summed E-state index contributed by atoms with van der Waals surface area (Å²) in [4.78, 5) is 45.5. The lowest BCUT2D eigenvalue weighted by atomic mass is 9.99. The molecule has 0 radical (unpaired) electrons. The molecule has 4 N–H and O–H groups in total. The molecule has 0 amide bonds. The zero-order valence-electron chi connectivity index (χ0n) is 23.7. The predicted molar refractivity (Wildman–Crippen MR) is 144 cm³/mol. The Morgan fingerprint density at radius 3 is 2.36 bits per heavy atom. The highest BCUT2D eigenvalue weighted by molar-refractivity contribution is 6.43. The molecule has 0 aliphatic carbocycles. The van der Waals surface area contributed by atoms with E-state index >= 15 is 0 Å². The van der Waals surface area contributed by atoms with Crippen LogP contribution in [0.4, 0.5) is 13.2 Å². The van der Waals surface area contributed by atoms with Gasteiger partial charge in [-0.15, -0.1) is 0 Å². The Hall–Kier alpha value is -4.58. The third kappa shape index (κ3) is 9.45. The van der Waals surface area contributed by atoms with E-state index in [1.807, 2.05) is 0 Å². The number of aliphatic carboxylic acids is 1. The molecule has 244 valence electrons. The van der Waals surface area contributed by atoms with Crippen molar-refractivity contribution in [2.75, 3.05) is 13.7 Å². The molecule has 1 fully saturated rings. The highest BCUT2D eigenvalue weighted by atomic mass is 19.4. The van der Waals surface area contributed by atoms with Crippen LogP contribution in [0.2, 0.25) is 0 Å². The molecule has 2 aromatic carbocycles. The summed E-state index contributed by atoms with van der Waals surface area (Å²) in [6.45, 7) is 0.405. The van der Waals surface area contributed by atoms with Crippen molar-refractivity contribution in [3.05, 3.63) is 70.8 Å². The molecular weight excluding hydrogens is 613 g/mol. The highest BCUT2D eigenvalue weighted by Crippen LogP contribution is 2.30. The summed E-state index contributed by atoms with van der Waals surface area (Å²) in [6, 6.07) is 10.6. The molecule has 0 spiro atoms. The number of carbonyl (C=O) groups is 3. The van der Waals surface area contributed by atoms with Crippen molar-refractivity contribution < 1.29 is 71.9 Å². The van der Waals surface area contributed by atoms with Gasteiger partial charge in [-0.2, -0.15) is 13.2 Å². The van der Waals surface area contributed by atoms with Crippen LogP contribution in [0.5, 0.6) is 0 Å². The van der Waals surface area contributed by atoms with Crippen molar-refractivity contribution in [3.63, 3.8) is 0 Å². The Kier molecular flexibility index (Phi) is 12.0. The smallest absolute Gasteiger partial charge is 0.416 e. The number of alkyl halides is 3. The second-order valence-electron chi connectivity index (χ2n) is 9.48. The van der Waals surface area contributed by atoms with Gasteiger partial charge in [0.15, 0.2) is 5.71 Å². The lowest BCUT2D eigenvalue weighted by Crippen LogP contribution is -2.60. The van der Waals surface area contributed by atoms with Crippen LogP contribution in [0.15, 0.2) is 58.8 Å². The zero-order valence-corrected chi connectivity index (χ0v) is 23.7. The molecule has 1 aliphatic rings. The molecule has 0 saturated carbocycles. The monoisotopic (exact) mass is 642 g/mol. The van der Waals surface area contributed by atoms with E-state index in [1.54, 1.807) is 6.07 Å². The maximum Gasteiger partial charge on any atom is 0.416 e. The van der Waals surface area contributed by atoms with Gasteiger partial charge in [-0.3, -0.25) is 9.59 Å². The lowest BCUT2D eigenvalue weighted by Gasteiger charge is -2.39. The van der Waals surface area contributed by atoms with E-state index in [4.69, 9.17) is 29.0 Å². The maximum atomic E-state index is 13.2. The molecule has 3 rings (SSSR count). The maximum absolute atomic E-state index is 13.2. The average molecular weight is 643 g/mol. The van der Waals surface area contributed by atoms with Gasteiger partial charge in [0.2, 0.25) is 6.29 Å². The van der Waals surface area contributed by atoms with Crippen LogP contribution >= 0.6 is 0 Å². The summed E-state index contributed by atoms with van der Waals surface area (Å²) in [6.07, 6.45) is -14.7. The fourth-order valence-electron chi connectivity index (χ4n) is 4.00. The third-order valence-corrected chi connectivity index (χ3v) is 6.27. The molecule has 45 heavy (non-hydrogen) atoms. The first kappa shape index (κ1) is 34.9. The number of nitrogens with zero attached hydrogens (tertiary/aromatic N) is 2. The van der Waals surface area contributed by atoms with E-state index in [2.05, 4.69) is 10.3 Å². The number of carbonyl (C=O) groups excluding carboxylic acids is 2. The van der Waals surface area contributed by atoms with Crippen LogP contribution in [0.1, 0.15) is 35.6 Å². The first-order valence-electron chi connectivity index (χ1n) is 13.0. The van der Waals surface area contributed by atoms with Crippen LogP contribution in [0.3, 0.4) is 0 Å². The van der Waals surface area contributed by atoms with Gasteiger partial charge in [0.1, 0.15) is 51.2 Å². The van der Waals surface area contributed by atoms with E-state index in [0.717, 1.165) is 19.2 Å². The number of carboxylic acids is 1. The molecule has 5 atom stereocenters. The molecule has 0 bridgehead atoms. The van der Waals surface area contributed by atoms with Crippen molar-refractivity contribution in [3.8, 4) is 0 Å². The summed E-state index contributed by atoms with van der Waals surface area (Å²) >= 11 is 0. The topological polar surface area (TPSA) is 203 Å².